The van der Waals surface area contributed by atoms with E-state index in [4.69, 9.17) is 0 Å². The normalized spacial score (nSPS) is 10.3. The lowest BCUT2D eigenvalue weighted by molar-refractivity contribution is 0.595. The third kappa shape index (κ3) is 7.99. The van der Waals surface area contributed by atoms with E-state index in [0.717, 1.165) is 30.5 Å². The number of unbranched alkanes of at least 4 members (excludes halogenated alkanes) is 1. The Morgan fingerprint density at radius 2 is 1.84 bits per heavy atom. The van der Waals surface area contributed by atoms with Crippen LogP contribution < -0.4 is 5.32 Å². The molecule has 0 fully saturated rings. The van der Waals surface area contributed by atoms with Gasteiger partial charge in [0, 0.05) is 0 Å². The Balaban J connectivity index is 0.000000459. The van der Waals surface area contributed by atoms with Gasteiger partial charge < -0.3 is 5.32 Å². The van der Waals surface area contributed by atoms with Crippen LogP contribution in [0.4, 0.5) is 4.39 Å². The summed E-state index contributed by atoms with van der Waals surface area (Å²) in [5.74, 6) is 0.219. The van der Waals surface area contributed by atoms with E-state index in [9.17, 15) is 4.39 Å². The van der Waals surface area contributed by atoms with Gasteiger partial charge in [-0.25, -0.2) is 4.39 Å². The molecule has 1 rings (SSSR count). The Morgan fingerprint density at radius 1 is 1.16 bits per heavy atom. The summed E-state index contributed by atoms with van der Waals surface area (Å²) in [6, 6.07) is 5.60. The zero-order chi connectivity index (χ0) is 14.7. The molecule has 0 heterocycles. The van der Waals surface area contributed by atoms with E-state index in [0.29, 0.717) is 0 Å². The maximum absolute atomic E-state index is 13.4. The topological polar surface area (TPSA) is 12.0 Å². The lowest BCUT2D eigenvalue weighted by atomic mass is 9.99. The Bertz CT molecular complexity index is 330. The molecule has 0 aromatic heterocycles. The molecule has 0 aliphatic rings. The van der Waals surface area contributed by atoms with Gasteiger partial charge in [0.25, 0.3) is 0 Å². The van der Waals surface area contributed by atoms with Crippen molar-refractivity contribution in [2.75, 3.05) is 13.6 Å². The van der Waals surface area contributed by atoms with Gasteiger partial charge in [-0.2, -0.15) is 0 Å². The Hall–Kier alpha value is -0.890. The smallest absolute Gasteiger partial charge is 0.126 e. The molecular weight excluding hydrogens is 237 g/mol. The molecule has 0 amide bonds. The molecule has 1 nitrogen and oxygen atoms in total. The van der Waals surface area contributed by atoms with Crippen molar-refractivity contribution in [2.24, 2.45) is 0 Å². The Kier molecular flexibility index (Phi) is 10.5. The van der Waals surface area contributed by atoms with E-state index in [1.807, 2.05) is 33.0 Å². The van der Waals surface area contributed by atoms with Gasteiger partial charge in [-0.1, -0.05) is 52.7 Å². The molecule has 0 bridgehead atoms. The van der Waals surface area contributed by atoms with Crippen molar-refractivity contribution in [3.05, 3.63) is 35.1 Å². The van der Waals surface area contributed by atoms with Gasteiger partial charge in [0.1, 0.15) is 5.82 Å². The molecule has 0 aliphatic heterocycles. The average Bonchev–Trinajstić information content (AvgIpc) is 2.37. The number of aryl methyl sites for hydroxylation is 1. The molecule has 0 spiro atoms. The summed E-state index contributed by atoms with van der Waals surface area (Å²) in [4.78, 5) is 0. The summed E-state index contributed by atoms with van der Waals surface area (Å²) in [6.07, 6.45) is 4.63. The second kappa shape index (κ2) is 11.0. The first kappa shape index (κ1) is 18.1. The molecule has 19 heavy (non-hydrogen) atoms. The van der Waals surface area contributed by atoms with Crippen LogP contribution in [0.25, 0.3) is 0 Å². The van der Waals surface area contributed by atoms with Crippen LogP contribution >= 0.6 is 0 Å². The summed E-state index contributed by atoms with van der Waals surface area (Å²) in [5, 5.41) is 3.07. The van der Waals surface area contributed by atoms with Crippen LogP contribution in [0.15, 0.2) is 18.2 Å². The lowest BCUT2D eigenvalue weighted by Gasteiger charge is -2.08. The minimum Gasteiger partial charge on any atom is -0.320 e. The molecule has 0 atom stereocenters. The highest BCUT2D eigenvalue weighted by Crippen LogP contribution is 2.19. The van der Waals surface area contributed by atoms with Crippen LogP contribution in [0, 0.1) is 5.82 Å². The van der Waals surface area contributed by atoms with Gasteiger partial charge >= 0.3 is 0 Å². The van der Waals surface area contributed by atoms with Gasteiger partial charge in [0.15, 0.2) is 0 Å². The minimum absolute atomic E-state index is 0.0547. The third-order valence-corrected chi connectivity index (χ3v) is 3.01. The fourth-order valence-corrected chi connectivity index (χ4v) is 1.84. The Labute approximate surface area is 118 Å². The number of hydrogen-bond acceptors (Lipinski definition) is 1. The third-order valence-electron chi connectivity index (χ3n) is 3.01. The fourth-order valence-electron chi connectivity index (χ4n) is 1.84. The van der Waals surface area contributed by atoms with Crippen LogP contribution in [0.1, 0.15) is 64.0 Å². The van der Waals surface area contributed by atoms with E-state index in [1.165, 1.54) is 12.8 Å². The predicted octanol–water partition coefficient (Wildman–Crippen LogP) is 4.91. The van der Waals surface area contributed by atoms with Crippen molar-refractivity contribution in [3.63, 3.8) is 0 Å². The summed E-state index contributed by atoms with van der Waals surface area (Å²) >= 11 is 0. The van der Waals surface area contributed by atoms with Gasteiger partial charge in [-0.05, 0) is 49.5 Å². The van der Waals surface area contributed by atoms with Crippen molar-refractivity contribution < 1.29 is 4.39 Å². The standard InChI is InChI=1S/C12H17F.C5H13N/c1-4-5-10-6-7-11(9(2)3)12(13)8-10;1-3-4-5-6-2/h6-9H,4-5H2,1-3H3;6H,3-5H2,1-2H3. The molecule has 0 saturated carbocycles. The first-order valence-corrected chi connectivity index (χ1v) is 7.49. The summed E-state index contributed by atoms with van der Waals surface area (Å²) in [6.45, 7) is 9.48. The second-order valence-corrected chi connectivity index (χ2v) is 5.22. The van der Waals surface area contributed by atoms with Crippen LogP contribution in [-0.2, 0) is 6.42 Å². The number of rotatable bonds is 6. The maximum Gasteiger partial charge on any atom is 0.126 e. The number of hydrogen-bond donors (Lipinski definition) is 1. The summed E-state index contributed by atoms with van der Waals surface area (Å²) < 4.78 is 13.4. The summed E-state index contributed by atoms with van der Waals surface area (Å²) in [5.41, 5.74) is 1.92. The first-order chi connectivity index (χ1) is 9.06. The monoisotopic (exact) mass is 267 g/mol. The zero-order valence-electron chi connectivity index (χ0n) is 13.2. The van der Waals surface area contributed by atoms with Gasteiger partial charge in [0.05, 0.1) is 0 Å². The molecule has 0 unspecified atom stereocenters. The lowest BCUT2D eigenvalue weighted by Crippen LogP contribution is -2.06. The average molecular weight is 267 g/mol. The SMILES string of the molecule is CCCCNC.CCCc1ccc(C(C)C)c(F)c1. The molecule has 0 saturated heterocycles. The van der Waals surface area contributed by atoms with Crippen LogP contribution in [0.3, 0.4) is 0 Å². The molecule has 110 valence electrons. The molecule has 0 aliphatic carbocycles. The fraction of sp³-hybridized carbons (Fsp3) is 0.647. The molecule has 1 N–H and O–H groups in total. The highest BCUT2D eigenvalue weighted by Gasteiger charge is 2.06. The molecule has 1 aromatic rings. The van der Waals surface area contributed by atoms with Crippen molar-refractivity contribution in [1.29, 1.82) is 0 Å². The second-order valence-electron chi connectivity index (χ2n) is 5.22. The highest BCUT2D eigenvalue weighted by molar-refractivity contribution is 5.26. The summed E-state index contributed by atoms with van der Waals surface area (Å²) in [7, 11) is 1.98. The maximum atomic E-state index is 13.4. The molecular formula is C17H30FN. The Morgan fingerprint density at radius 3 is 2.21 bits per heavy atom. The quantitative estimate of drug-likeness (QED) is 0.722. The van der Waals surface area contributed by atoms with Crippen LogP contribution in [0.2, 0.25) is 0 Å². The van der Waals surface area contributed by atoms with E-state index in [2.05, 4.69) is 19.2 Å². The predicted molar refractivity (Wildman–Crippen MR) is 83.3 cm³/mol. The molecule has 2 heteroatoms. The van der Waals surface area contributed by atoms with E-state index < -0.39 is 0 Å². The highest BCUT2D eigenvalue weighted by atomic mass is 19.1. The van der Waals surface area contributed by atoms with Crippen LogP contribution in [-0.4, -0.2) is 13.6 Å². The van der Waals surface area contributed by atoms with Gasteiger partial charge in [-0.3, -0.25) is 0 Å². The van der Waals surface area contributed by atoms with Gasteiger partial charge in [0.2, 0.25) is 0 Å². The largest absolute Gasteiger partial charge is 0.320 e. The number of nitrogens with one attached hydrogen (secondary N) is 1. The van der Waals surface area contributed by atoms with Crippen molar-refractivity contribution in [3.8, 4) is 0 Å². The molecule has 0 radical (unpaired) electrons. The van der Waals surface area contributed by atoms with Crippen molar-refractivity contribution >= 4 is 0 Å². The van der Waals surface area contributed by atoms with Gasteiger partial charge in [-0.15, -0.1) is 0 Å². The van der Waals surface area contributed by atoms with E-state index in [1.54, 1.807) is 6.07 Å². The number of halogens is 1. The molecule has 1 aromatic carbocycles. The van der Waals surface area contributed by atoms with Crippen LogP contribution in [0.5, 0.6) is 0 Å². The minimum atomic E-state index is -0.0547. The van der Waals surface area contributed by atoms with E-state index >= 15 is 0 Å². The zero-order valence-corrected chi connectivity index (χ0v) is 13.2. The van der Waals surface area contributed by atoms with E-state index in [-0.39, 0.29) is 11.7 Å². The van der Waals surface area contributed by atoms with Crippen molar-refractivity contribution in [1.82, 2.24) is 5.32 Å². The van der Waals surface area contributed by atoms with Crippen molar-refractivity contribution in [2.45, 2.75) is 59.3 Å². The number of benzene rings is 1. The first-order valence-electron chi connectivity index (χ1n) is 7.49.